The number of benzene rings is 1. The van der Waals surface area contributed by atoms with Gasteiger partial charge in [0.05, 0.1) is 12.1 Å². The molecule has 3 aromatic rings. The Bertz CT molecular complexity index is 1000. The predicted molar refractivity (Wildman–Crippen MR) is 102 cm³/mol. The Balaban J connectivity index is 1.45. The van der Waals surface area contributed by atoms with Crippen molar-refractivity contribution in [3.05, 3.63) is 65.9 Å². The summed E-state index contributed by atoms with van der Waals surface area (Å²) in [6.07, 6.45) is 5.31. The largest absolute Gasteiger partial charge is 0.369 e. The highest BCUT2D eigenvalue weighted by Crippen LogP contribution is 2.23. The van der Waals surface area contributed by atoms with Gasteiger partial charge in [0, 0.05) is 25.0 Å². The van der Waals surface area contributed by atoms with Crippen molar-refractivity contribution in [3.8, 4) is 5.82 Å². The van der Waals surface area contributed by atoms with E-state index in [0.717, 1.165) is 18.5 Å². The number of hydrogen-bond donors (Lipinski definition) is 2. The monoisotopic (exact) mass is 377 g/mol. The topological polar surface area (TPSA) is 119 Å². The van der Waals surface area contributed by atoms with E-state index in [2.05, 4.69) is 20.4 Å². The molecule has 28 heavy (non-hydrogen) atoms. The zero-order valence-corrected chi connectivity index (χ0v) is 15.1. The third-order valence-electron chi connectivity index (χ3n) is 4.60. The zero-order valence-electron chi connectivity index (χ0n) is 15.1. The summed E-state index contributed by atoms with van der Waals surface area (Å²) >= 11 is 0. The number of pyridine rings is 1. The zero-order chi connectivity index (χ0) is 19.5. The fourth-order valence-corrected chi connectivity index (χ4v) is 3.23. The average molecular weight is 377 g/mol. The van der Waals surface area contributed by atoms with E-state index in [1.165, 1.54) is 29.1 Å². The molecule has 0 aliphatic carbocycles. The molecule has 9 heteroatoms. The number of primary amides is 1. The number of hydrogen-bond acceptors (Lipinski definition) is 6. The lowest BCUT2D eigenvalue weighted by atomic mass is 9.99. The first-order chi connectivity index (χ1) is 13.6. The maximum absolute atomic E-state index is 12.5. The molecule has 142 valence electrons. The summed E-state index contributed by atoms with van der Waals surface area (Å²) in [5.74, 6) is -0.00508. The number of rotatable bonds is 5. The number of nitrogens with one attached hydrogen (secondary N) is 1. The third kappa shape index (κ3) is 3.89. The van der Waals surface area contributed by atoms with Gasteiger partial charge in [0.25, 0.3) is 5.91 Å². The second-order valence-electron chi connectivity index (χ2n) is 6.61. The van der Waals surface area contributed by atoms with Crippen molar-refractivity contribution in [2.75, 3.05) is 18.4 Å². The molecule has 2 amide bonds. The van der Waals surface area contributed by atoms with Gasteiger partial charge >= 0.3 is 0 Å². The van der Waals surface area contributed by atoms with E-state index in [1.807, 2.05) is 23.1 Å². The maximum Gasteiger partial charge on any atom is 0.257 e. The minimum atomic E-state index is -0.338. The van der Waals surface area contributed by atoms with Crippen molar-refractivity contribution in [2.45, 2.75) is 13.0 Å². The number of amides is 2. The Morgan fingerprint density at radius 1 is 1.18 bits per heavy atom. The van der Waals surface area contributed by atoms with Crippen molar-refractivity contribution in [1.82, 2.24) is 24.6 Å². The van der Waals surface area contributed by atoms with Crippen LogP contribution in [0.15, 0.2) is 49.2 Å². The van der Waals surface area contributed by atoms with Gasteiger partial charge in [-0.05, 0) is 41.8 Å². The van der Waals surface area contributed by atoms with Crippen molar-refractivity contribution in [2.24, 2.45) is 5.73 Å². The SMILES string of the molecule is NC(=O)CN1CCc2ccc(NC(=O)c3ccc(-n4cncn4)nc3)cc2C1. The summed E-state index contributed by atoms with van der Waals surface area (Å²) in [5, 5.41) is 6.90. The first-order valence-corrected chi connectivity index (χ1v) is 8.83. The summed E-state index contributed by atoms with van der Waals surface area (Å²) in [7, 11) is 0. The number of carbonyl (C=O) groups excluding carboxylic acids is 2. The molecule has 0 bridgehead atoms. The molecule has 0 fully saturated rings. The van der Waals surface area contributed by atoms with Crippen LogP contribution in [0, 0.1) is 0 Å². The highest BCUT2D eigenvalue weighted by molar-refractivity contribution is 6.04. The Morgan fingerprint density at radius 3 is 2.79 bits per heavy atom. The number of nitrogens with two attached hydrogens (primary N) is 1. The van der Waals surface area contributed by atoms with Crippen LogP contribution in [0.3, 0.4) is 0 Å². The molecule has 9 nitrogen and oxygen atoms in total. The van der Waals surface area contributed by atoms with Gasteiger partial charge in [0.1, 0.15) is 12.7 Å². The Kier molecular flexibility index (Phi) is 4.81. The lowest BCUT2D eigenvalue weighted by molar-refractivity contribution is -0.119. The van der Waals surface area contributed by atoms with Gasteiger partial charge in [0.15, 0.2) is 5.82 Å². The second kappa shape index (κ2) is 7.57. The lowest BCUT2D eigenvalue weighted by Gasteiger charge is -2.28. The normalized spacial score (nSPS) is 13.7. The molecule has 0 spiro atoms. The van der Waals surface area contributed by atoms with Gasteiger partial charge in [-0.25, -0.2) is 14.6 Å². The van der Waals surface area contributed by atoms with E-state index in [1.54, 1.807) is 12.1 Å². The molecule has 1 aliphatic heterocycles. The van der Waals surface area contributed by atoms with Crippen LogP contribution in [0.5, 0.6) is 0 Å². The van der Waals surface area contributed by atoms with Crippen LogP contribution < -0.4 is 11.1 Å². The summed E-state index contributed by atoms with van der Waals surface area (Å²) in [5.41, 5.74) is 8.74. The van der Waals surface area contributed by atoms with E-state index >= 15 is 0 Å². The minimum Gasteiger partial charge on any atom is -0.369 e. The Hall–Kier alpha value is -3.59. The molecule has 4 rings (SSSR count). The highest BCUT2D eigenvalue weighted by Gasteiger charge is 2.18. The van der Waals surface area contributed by atoms with E-state index in [-0.39, 0.29) is 18.4 Å². The van der Waals surface area contributed by atoms with Crippen LogP contribution in [0.1, 0.15) is 21.5 Å². The predicted octanol–water partition coefficient (Wildman–Crippen LogP) is 0.758. The van der Waals surface area contributed by atoms with Crippen molar-refractivity contribution in [3.63, 3.8) is 0 Å². The molecule has 0 atom stereocenters. The molecular weight excluding hydrogens is 358 g/mol. The number of anilines is 1. The van der Waals surface area contributed by atoms with Crippen molar-refractivity contribution in [1.29, 1.82) is 0 Å². The molecule has 3 heterocycles. The lowest BCUT2D eigenvalue weighted by Crippen LogP contribution is -2.37. The molecule has 0 saturated carbocycles. The smallest absolute Gasteiger partial charge is 0.257 e. The van der Waals surface area contributed by atoms with Crippen LogP contribution in [0.25, 0.3) is 5.82 Å². The fraction of sp³-hybridized carbons (Fsp3) is 0.211. The van der Waals surface area contributed by atoms with Crippen LogP contribution in [-0.4, -0.2) is 49.6 Å². The molecule has 0 radical (unpaired) electrons. The molecular formula is C19H19N7O2. The Labute approximate surface area is 161 Å². The van der Waals surface area contributed by atoms with Crippen molar-refractivity contribution < 1.29 is 9.59 Å². The van der Waals surface area contributed by atoms with Crippen LogP contribution in [0.4, 0.5) is 5.69 Å². The average Bonchev–Trinajstić information content (AvgIpc) is 3.22. The Morgan fingerprint density at radius 2 is 2.07 bits per heavy atom. The quantitative estimate of drug-likeness (QED) is 0.677. The molecule has 1 aliphatic rings. The summed E-state index contributed by atoms with van der Waals surface area (Å²) in [6, 6.07) is 9.23. The fourth-order valence-electron chi connectivity index (χ4n) is 3.23. The van der Waals surface area contributed by atoms with Gasteiger partial charge in [-0.2, -0.15) is 5.10 Å². The highest BCUT2D eigenvalue weighted by atomic mass is 16.2. The van der Waals surface area contributed by atoms with E-state index in [4.69, 9.17) is 5.73 Å². The maximum atomic E-state index is 12.5. The standard InChI is InChI=1S/C19H19N7O2/c20-17(27)10-25-6-5-13-1-3-16(7-15(13)9-25)24-19(28)14-2-4-18(22-8-14)26-12-21-11-23-26/h1-4,7-8,11-12H,5-6,9-10H2,(H2,20,27)(H,24,28). The van der Waals surface area contributed by atoms with E-state index in [9.17, 15) is 9.59 Å². The molecule has 3 N–H and O–H groups in total. The van der Waals surface area contributed by atoms with Crippen LogP contribution in [-0.2, 0) is 17.8 Å². The van der Waals surface area contributed by atoms with Crippen LogP contribution >= 0.6 is 0 Å². The van der Waals surface area contributed by atoms with Gasteiger partial charge in [-0.3, -0.25) is 14.5 Å². The number of aromatic nitrogens is 4. The molecule has 0 saturated heterocycles. The van der Waals surface area contributed by atoms with E-state index in [0.29, 0.717) is 23.6 Å². The van der Waals surface area contributed by atoms with E-state index < -0.39 is 0 Å². The first-order valence-electron chi connectivity index (χ1n) is 8.83. The number of nitrogens with zero attached hydrogens (tertiary/aromatic N) is 5. The minimum absolute atomic E-state index is 0.236. The summed E-state index contributed by atoms with van der Waals surface area (Å²) < 4.78 is 1.52. The van der Waals surface area contributed by atoms with Gasteiger partial charge in [-0.15, -0.1) is 0 Å². The first kappa shape index (κ1) is 17.8. The van der Waals surface area contributed by atoms with Crippen molar-refractivity contribution >= 4 is 17.5 Å². The van der Waals surface area contributed by atoms with Gasteiger partial charge in [0.2, 0.25) is 5.91 Å². The van der Waals surface area contributed by atoms with Crippen LogP contribution in [0.2, 0.25) is 0 Å². The third-order valence-corrected chi connectivity index (χ3v) is 4.60. The van der Waals surface area contributed by atoms with Gasteiger partial charge < -0.3 is 11.1 Å². The van der Waals surface area contributed by atoms with Gasteiger partial charge in [-0.1, -0.05) is 6.07 Å². The number of carbonyl (C=O) groups is 2. The molecule has 1 aromatic carbocycles. The second-order valence-corrected chi connectivity index (χ2v) is 6.61. The summed E-state index contributed by atoms with van der Waals surface area (Å²) in [6.45, 7) is 1.67. The molecule has 2 aromatic heterocycles. The summed E-state index contributed by atoms with van der Waals surface area (Å²) in [4.78, 5) is 33.8. The molecule has 0 unspecified atom stereocenters. The number of fused-ring (bicyclic) bond motifs is 1.